The van der Waals surface area contributed by atoms with E-state index in [2.05, 4.69) is 376 Å². The maximum Gasteiger partial charge on any atom is 0.0490 e. The number of benzene rings is 12. The lowest BCUT2D eigenvalue weighted by Gasteiger charge is -2.33. The first kappa shape index (κ1) is 75.1. The number of para-hydroxylation sites is 6. The Kier molecular flexibility index (Phi) is 19.0. The summed E-state index contributed by atoms with van der Waals surface area (Å²) in [6, 6.07) is 96.6. The monoisotopic (exact) mass is 1570 g/mol. The number of aryl methyl sites for hydroxylation is 2. The highest BCUT2D eigenvalue weighted by Gasteiger charge is 2.41. The quantitative estimate of drug-likeness (QED) is 0.121. The molecule has 24 rings (SSSR count). The molecule has 0 aromatic heterocycles. The number of nitrogens with zero attached hydrogens (tertiary/aromatic N) is 6. The molecule has 6 heterocycles. The van der Waals surface area contributed by atoms with Gasteiger partial charge in [0.1, 0.15) is 0 Å². The first-order chi connectivity index (χ1) is 59.3. The maximum absolute atomic E-state index is 2.58. The third kappa shape index (κ3) is 12.8. The Labute approximate surface area is 717 Å². The van der Waals surface area contributed by atoms with Crippen LogP contribution in [0.4, 0.5) is 68.2 Å². The first-order valence-corrected chi connectivity index (χ1v) is 45.4. The fraction of sp³-hybridized carbons (Fsp3) is 0.270. The summed E-state index contributed by atoms with van der Waals surface area (Å²) in [5.74, 6) is 2.67. The van der Waals surface area contributed by atoms with E-state index in [1.54, 1.807) is 0 Å². The Morgan fingerprint density at radius 1 is 0.215 bits per heavy atom. The maximum atomic E-state index is 2.58. The van der Waals surface area contributed by atoms with Gasteiger partial charge in [-0.1, -0.05) is 252 Å². The SMILES string of the molecule is CC1=Cc2c(cccc2N2CCCc3ccccc32)C1CC1C(C)=Cc2c1cccc2N1CCCc2ccccc21.CC1=Cc2c(cccc2N2CCc3ccccc32)C1CC1C(C)=Cc2c1cccc2N1CCc2ccccc21.CC1=Cc2c(cccc2N2c3ccccc3CC2C)C1CC1C(C)=Cc2c1cccc2N1c2ccccc2CC1C. The highest BCUT2D eigenvalue weighted by Crippen LogP contribution is 2.58. The van der Waals surface area contributed by atoms with E-state index < -0.39 is 0 Å². The van der Waals surface area contributed by atoms with E-state index in [0.29, 0.717) is 47.6 Å². The van der Waals surface area contributed by atoms with Gasteiger partial charge in [0.15, 0.2) is 0 Å². The molecule has 8 unspecified atom stereocenters. The summed E-state index contributed by atoms with van der Waals surface area (Å²) in [4.78, 5) is 15.4. The summed E-state index contributed by atoms with van der Waals surface area (Å²) in [6.45, 7) is 23.1. The van der Waals surface area contributed by atoms with Crippen molar-refractivity contribution in [2.24, 2.45) is 0 Å². The van der Waals surface area contributed by atoms with E-state index in [9.17, 15) is 0 Å². The minimum absolute atomic E-state index is 0.437. The van der Waals surface area contributed by atoms with E-state index in [4.69, 9.17) is 0 Å². The van der Waals surface area contributed by atoms with Crippen molar-refractivity contribution in [3.8, 4) is 0 Å². The zero-order chi connectivity index (χ0) is 81.4. The van der Waals surface area contributed by atoms with Crippen LogP contribution in [0.15, 0.2) is 288 Å². The van der Waals surface area contributed by atoms with Crippen molar-refractivity contribution >= 4 is 105 Å². The lowest BCUT2D eigenvalue weighted by molar-refractivity contribution is 0.642. The zero-order valence-electron chi connectivity index (χ0n) is 71.6. The Morgan fingerprint density at radius 2 is 0.430 bits per heavy atom. The highest BCUT2D eigenvalue weighted by atomic mass is 15.2. The molecule has 121 heavy (non-hydrogen) atoms. The normalized spacial score (nSPS) is 21.6. The van der Waals surface area contributed by atoms with Crippen molar-refractivity contribution in [3.63, 3.8) is 0 Å². The number of allylic oxidation sites excluding steroid dienone is 6. The van der Waals surface area contributed by atoms with Crippen molar-refractivity contribution in [3.05, 3.63) is 388 Å². The minimum Gasteiger partial charge on any atom is -0.341 e. The van der Waals surface area contributed by atoms with Crippen molar-refractivity contribution in [1.29, 1.82) is 0 Å². The molecule has 0 fully saturated rings. The fourth-order valence-corrected chi connectivity index (χ4v) is 24.2. The van der Waals surface area contributed by atoms with Crippen molar-refractivity contribution < 1.29 is 0 Å². The number of hydrogen-bond acceptors (Lipinski definition) is 6. The van der Waals surface area contributed by atoms with Gasteiger partial charge in [0.2, 0.25) is 0 Å². The third-order valence-corrected chi connectivity index (χ3v) is 30.0. The highest BCUT2D eigenvalue weighted by molar-refractivity contribution is 5.90. The average Bonchev–Trinajstić information content (AvgIpc) is 1.62. The fourth-order valence-electron chi connectivity index (χ4n) is 24.2. The smallest absolute Gasteiger partial charge is 0.0490 e. The van der Waals surface area contributed by atoms with Crippen LogP contribution < -0.4 is 29.4 Å². The standard InChI is InChI=1S/2C39H38N2.C37H34N2/c1-24-19-34-30(13-9-17-38(34)40-26(3)21-28-11-5-7-15-36(28)40)32(24)23-33-25(2)20-35-31(33)14-10-18-39(35)41-27(4)22-29-12-6-8-16-37(29)41;1-26-23-34-30(15-7-19-38(34)40-21-9-13-28-11-3-5-17-36(28)40)32(26)25-33-27(2)24-35-31(33)16-8-20-39(35)41-22-10-14-29-12-4-6-18-37(29)41;1-24-21-32-28(11-7-15-36(32)38-19-17-26-9-3-5-13-34(26)38)30(24)23-31-25(2)22-33-29(31)12-8-16-37(33)39-20-18-27-10-4-6-14-35(27)39/h5-20,26-27,32-33H,21-23H2,1-4H3;3-8,11-12,15-20,23-24,32-33H,9-10,13-14,21-22,25H2,1-2H3;3-16,21-22,30-31H,17-20,23H2,1-2H3. The van der Waals surface area contributed by atoms with Crippen LogP contribution in [0.5, 0.6) is 0 Å². The lowest BCUT2D eigenvalue weighted by Crippen LogP contribution is -2.25. The Balaban J connectivity index is 0.000000109. The Morgan fingerprint density at radius 3 is 0.711 bits per heavy atom. The Bertz CT molecular complexity index is 6010. The summed E-state index contributed by atoms with van der Waals surface area (Å²) in [5.41, 5.74) is 51.8. The molecule has 0 spiro atoms. The van der Waals surface area contributed by atoms with E-state index in [-0.39, 0.29) is 0 Å². The molecule has 0 N–H and O–H groups in total. The molecular formula is C115H110N6. The molecule has 0 bridgehead atoms. The van der Waals surface area contributed by atoms with Gasteiger partial charge in [0, 0.05) is 175 Å². The van der Waals surface area contributed by atoms with E-state index in [1.165, 1.54) is 228 Å². The largest absolute Gasteiger partial charge is 0.341 e. The van der Waals surface area contributed by atoms with Gasteiger partial charge in [0.05, 0.1) is 0 Å². The Hall–Kier alpha value is -12.1. The lowest BCUT2D eigenvalue weighted by atomic mass is 9.82. The van der Waals surface area contributed by atoms with Crippen LogP contribution in [-0.4, -0.2) is 38.3 Å². The molecule has 0 saturated heterocycles. The number of anilines is 12. The third-order valence-electron chi connectivity index (χ3n) is 30.0. The van der Waals surface area contributed by atoms with Crippen LogP contribution in [0, 0.1) is 0 Å². The minimum atomic E-state index is 0.437. The van der Waals surface area contributed by atoms with Crippen LogP contribution in [-0.2, 0) is 38.5 Å². The molecule has 0 saturated carbocycles. The summed E-state index contributed by atoms with van der Waals surface area (Å²) < 4.78 is 0. The second kappa shape index (κ2) is 30.5. The van der Waals surface area contributed by atoms with Crippen LogP contribution in [0.3, 0.4) is 0 Å². The van der Waals surface area contributed by atoms with Gasteiger partial charge < -0.3 is 29.4 Å². The van der Waals surface area contributed by atoms with Gasteiger partial charge in [-0.25, -0.2) is 0 Å². The number of rotatable bonds is 12. The van der Waals surface area contributed by atoms with Gasteiger partial charge in [0.25, 0.3) is 0 Å². The number of fused-ring (bicyclic) bond motifs is 12. The second-order valence-electron chi connectivity index (χ2n) is 37.0. The molecule has 6 heteroatoms. The molecule has 6 aliphatic heterocycles. The van der Waals surface area contributed by atoms with Crippen LogP contribution >= 0.6 is 0 Å². The van der Waals surface area contributed by atoms with Gasteiger partial charge in [-0.15, -0.1) is 0 Å². The number of hydrogen-bond donors (Lipinski definition) is 0. The molecule has 12 aromatic rings. The van der Waals surface area contributed by atoms with E-state index in [1.807, 2.05) is 0 Å². The molecule has 600 valence electrons. The summed E-state index contributed by atoms with van der Waals surface area (Å²) in [5, 5.41) is 0. The summed E-state index contributed by atoms with van der Waals surface area (Å²) in [6.07, 6.45) is 27.5. The molecule has 0 radical (unpaired) electrons. The molecule has 8 atom stereocenters. The molecule has 6 aliphatic carbocycles. The van der Waals surface area contributed by atoms with Crippen molar-refractivity contribution in [2.45, 2.75) is 174 Å². The average molecular weight is 1580 g/mol. The van der Waals surface area contributed by atoms with E-state index >= 15 is 0 Å². The predicted molar refractivity (Wildman–Crippen MR) is 512 cm³/mol. The van der Waals surface area contributed by atoms with Gasteiger partial charge in [-0.2, -0.15) is 0 Å². The molecule has 0 amide bonds. The van der Waals surface area contributed by atoms with Gasteiger partial charge >= 0.3 is 0 Å². The van der Waals surface area contributed by atoms with Crippen LogP contribution in [0.25, 0.3) is 36.5 Å². The molecule has 12 aliphatic rings. The zero-order valence-corrected chi connectivity index (χ0v) is 71.6. The van der Waals surface area contributed by atoms with Gasteiger partial charge in [-0.3, -0.25) is 0 Å². The van der Waals surface area contributed by atoms with Gasteiger partial charge in [-0.05, 0) is 266 Å². The van der Waals surface area contributed by atoms with Crippen LogP contribution in [0.1, 0.15) is 223 Å². The first-order valence-electron chi connectivity index (χ1n) is 45.4. The summed E-state index contributed by atoms with van der Waals surface area (Å²) in [7, 11) is 0. The predicted octanol–water partition coefficient (Wildman–Crippen LogP) is 29.1. The van der Waals surface area contributed by atoms with E-state index in [0.717, 1.165) is 71.1 Å². The molecular weight excluding hydrogens is 1470 g/mol. The van der Waals surface area contributed by atoms with Crippen molar-refractivity contribution in [1.82, 2.24) is 0 Å². The topological polar surface area (TPSA) is 19.4 Å². The van der Waals surface area contributed by atoms with Crippen molar-refractivity contribution in [2.75, 3.05) is 55.6 Å². The summed E-state index contributed by atoms with van der Waals surface area (Å²) >= 11 is 0. The molecule has 6 nitrogen and oxygen atoms in total. The molecule has 12 aromatic carbocycles. The van der Waals surface area contributed by atoms with Crippen LogP contribution in [0.2, 0.25) is 0 Å². The second-order valence-corrected chi connectivity index (χ2v) is 37.0.